The third-order valence-corrected chi connectivity index (χ3v) is 4.01. The fourth-order valence-corrected chi connectivity index (χ4v) is 2.93. The molecular weight excluding hydrogens is 267 g/mol. The molecule has 14 heavy (non-hydrogen) atoms. The zero-order valence-corrected chi connectivity index (χ0v) is 9.34. The van der Waals surface area contributed by atoms with Crippen molar-refractivity contribution in [3.8, 4) is 5.06 Å². The second-order valence-corrected chi connectivity index (χ2v) is 4.67. The normalized spacial score (nSPS) is 10.8. The van der Waals surface area contributed by atoms with Crippen molar-refractivity contribution in [2.75, 3.05) is 0 Å². The summed E-state index contributed by atoms with van der Waals surface area (Å²) < 4.78 is 1.43. The Morgan fingerprint density at radius 2 is 2.00 bits per heavy atom. The molecule has 6 heteroatoms. The lowest BCUT2D eigenvalue weighted by Crippen LogP contribution is -2.30. The maximum absolute atomic E-state index is 9.28. The van der Waals surface area contributed by atoms with Crippen molar-refractivity contribution in [2.45, 2.75) is 0 Å². The lowest BCUT2D eigenvalue weighted by Gasteiger charge is -2.02. The molecule has 0 bridgehead atoms. The summed E-state index contributed by atoms with van der Waals surface area (Å²) in [4.78, 5) is 0. The van der Waals surface area contributed by atoms with Crippen LogP contribution in [0.4, 0.5) is 0 Å². The van der Waals surface area contributed by atoms with E-state index in [-0.39, 0.29) is 5.06 Å². The first-order chi connectivity index (χ1) is 6.59. The summed E-state index contributed by atoms with van der Waals surface area (Å²) in [7, 11) is -1.50. The average molecular weight is 273 g/mol. The van der Waals surface area contributed by atoms with Gasteiger partial charge in [0.1, 0.15) is 0 Å². The molecule has 0 fully saturated rings. The number of halogens is 1. The molecule has 72 valence electrons. The lowest BCUT2D eigenvalue weighted by molar-refractivity contribution is 0.425. The van der Waals surface area contributed by atoms with Gasteiger partial charge in [0.15, 0.2) is 5.06 Å². The highest BCUT2D eigenvalue weighted by atomic mass is 79.9. The van der Waals surface area contributed by atoms with E-state index in [0.29, 0.717) is 9.94 Å². The van der Waals surface area contributed by atoms with E-state index in [4.69, 9.17) is 10.0 Å². The highest BCUT2D eigenvalue weighted by molar-refractivity contribution is 9.10. The molecule has 0 radical (unpaired) electrons. The second kappa shape index (κ2) is 3.54. The van der Waals surface area contributed by atoms with Crippen LogP contribution in [-0.2, 0) is 0 Å². The van der Waals surface area contributed by atoms with E-state index in [1.807, 2.05) is 0 Å². The van der Waals surface area contributed by atoms with Gasteiger partial charge in [0.05, 0.1) is 4.70 Å². The summed E-state index contributed by atoms with van der Waals surface area (Å²) in [5, 5.41) is 28.5. The highest BCUT2D eigenvalue weighted by Crippen LogP contribution is 2.34. The molecule has 0 unspecified atom stereocenters. The van der Waals surface area contributed by atoms with Crippen LogP contribution in [0.5, 0.6) is 5.06 Å². The average Bonchev–Trinajstić information content (AvgIpc) is 2.46. The number of hydrogen-bond acceptors (Lipinski definition) is 4. The monoisotopic (exact) mass is 272 g/mol. The standard InChI is InChI=1S/C8H6BBrO3S/c10-7-5(9(12)13)2-1-4-3-6(11)14-8(4)7/h1-3,11-13H. The fourth-order valence-electron chi connectivity index (χ4n) is 1.27. The van der Waals surface area contributed by atoms with Gasteiger partial charge in [-0.15, -0.1) is 0 Å². The number of rotatable bonds is 1. The minimum Gasteiger partial charge on any atom is -0.499 e. The minimum atomic E-state index is -1.50. The maximum Gasteiger partial charge on any atom is 0.489 e. The molecule has 1 aromatic carbocycles. The molecule has 0 amide bonds. The Bertz CT molecular complexity index is 483. The van der Waals surface area contributed by atoms with Crippen molar-refractivity contribution < 1.29 is 15.2 Å². The Labute approximate surface area is 92.9 Å². The molecule has 0 spiro atoms. The van der Waals surface area contributed by atoms with Crippen LogP contribution in [0.25, 0.3) is 10.1 Å². The second-order valence-electron chi connectivity index (χ2n) is 2.85. The molecule has 0 aliphatic heterocycles. The zero-order valence-electron chi connectivity index (χ0n) is 6.94. The van der Waals surface area contributed by atoms with E-state index >= 15 is 0 Å². The number of fused-ring (bicyclic) bond motifs is 1. The smallest absolute Gasteiger partial charge is 0.489 e. The molecule has 3 nitrogen and oxygen atoms in total. The Kier molecular flexibility index (Phi) is 2.53. The highest BCUT2D eigenvalue weighted by Gasteiger charge is 2.17. The summed E-state index contributed by atoms with van der Waals surface area (Å²) in [6.45, 7) is 0. The summed E-state index contributed by atoms with van der Waals surface area (Å²) in [6.07, 6.45) is 0. The summed E-state index contributed by atoms with van der Waals surface area (Å²) in [6, 6.07) is 4.99. The van der Waals surface area contributed by atoms with Gasteiger partial charge in [-0.2, -0.15) is 0 Å². The molecule has 0 atom stereocenters. The minimum absolute atomic E-state index is 0.213. The molecule has 1 heterocycles. The van der Waals surface area contributed by atoms with E-state index in [1.165, 1.54) is 11.3 Å². The molecular formula is C8H6BBrO3S. The van der Waals surface area contributed by atoms with Crippen LogP contribution in [0.3, 0.4) is 0 Å². The zero-order chi connectivity index (χ0) is 10.3. The number of hydrogen-bond donors (Lipinski definition) is 3. The third kappa shape index (κ3) is 1.54. The maximum atomic E-state index is 9.28. The quantitative estimate of drug-likeness (QED) is 0.680. The van der Waals surface area contributed by atoms with Crippen molar-refractivity contribution in [3.63, 3.8) is 0 Å². The van der Waals surface area contributed by atoms with Gasteiger partial charge in [0.2, 0.25) is 0 Å². The van der Waals surface area contributed by atoms with Gasteiger partial charge in [-0.05, 0) is 32.8 Å². The van der Waals surface area contributed by atoms with Gasteiger partial charge >= 0.3 is 7.12 Å². The van der Waals surface area contributed by atoms with Crippen molar-refractivity contribution in [3.05, 3.63) is 22.7 Å². The van der Waals surface area contributed by atoms with Crippen molar-refractivity contribution in [1.29, 1.82) is 0 Å². The number of thiophene rings is 1. The predicted octanol–water partition coefficient (Wildman–Crippen LogP) is 1.05. The Morgan fingerprint density at radius 3 is 2.64 bits per heavy atom. The Hall–Kier alpha value is -0.555. The van der Waals surface area contributed by atoms with Crippen LogP contribution >= 0.6 is 27.3 Å². The van der Waals surface area contributed by atoms with E-state index in [1.54, 1.807) is 18.2 Å². The van der Waals surface area contributed by atoms with Gasteiger partial charge in [-0.25, -0.2) is 0 Å². The molecule has 0 aliphatic carbocycles. The van der Waals surface area contributed by atoms with Gasteiger partial charge in [0, 0.05) is 4.47 Å². The lowest BCUT2D eigenvalue weighted by atomic mass is 9.80. The molecule has 0 saturated carbocycles. The first-order valence-electron chi connectivity index (χ1n) is 3.86. The van der Waals surface area contributed by atoms with Crippen LogP contribution in [0.15, 0.2) is 22.7 Å². The molecule has 3 N–H and O–H groups in total. The van der Waals surface area contributed by atoms with Gasteiger partial charge in [-0.3, -0.25) is 0 Å². The SMILES string of the molecule is OB(O)c1ccc2cc(O)sc2c1Br. The van der Waals surface area contributed by atoms with Crippen molar-refractivity contribution in [1.82, 2.24) is 0 Å². The molecule has 2 aromatic rings. The first-order valence-corrected chi connectivity index (χ1v) is 5.47. The van der Waals surface area contributed by atoms with Crippen LogP contribution in [0, 0.1) is 0 Å². The van der Waals surface area contributed by atoms with Crippen molar-refractivity contribution >= 4 is 49.9 Å². The largest absolute Gasteiger partial charge is 0.499 e. The van der Waals surface area contributed by atoms with Crippen LogP contribution < -0.4 is 5.46 Å². The Balaban J connectivity index is 2.74. The van der Waals surface area contributed by atoms with E-state index in [2.05, 4.69) is 15.9 Å². The van der Waals surface area contributed by atoms with Crippen molar-refractivity contribution in [2.24, 2.45) is 0 Å². The Morgan fingerprint density at radius 1 is 1.29 bits per heavy atom. The van der Waals surface area contributed by atoms with E-state index in [0.717, 1.165) is 10.1 Å². The number of aromatic hydroxyl groups is 1. The summed E-state index contributed by atoms with van der Waals surface area (Å²) in [5.41, 5.74) is 0.402. The summed E-state index contributed by atoms with van der Waals surface area (Å²) >= 11 is 4.47. The molecule has 0 saturated heterocycles. The van der Waals surface area contributed by atoms with Gasteiger partial charge < -0.3 is 15.2 Å². The topological polar surface area (TPSA) is 60.7 Å². The number of benzene rings is 1. The van der Waals surface area contributed by atoms with Gasteiger partial charge in [-0.1, -0.05) is 23.5 Å². The van der Waals surface area contributed by atoms with Crippen LogP contribution in [-0.4, -0.2) is 22.3 Å². The van der Waals surface area contributed by atoms with Crippen LogP contribution in [0.2, 0.25) is 0 Å². The predicted molar refractivity (Wildman–Crippen MR) is 61.0 cm³/mol. The third-order valence-electron chi connectivity index (χ3n) is 1.92. The molecule has 0 aliphatic rings. The fraction of sp³-hybridized carbons (Fsp3) is 0. The molecule has 2 rings (SSSR count). The first kappa shape index (κ1) is 9.98. The summed E-state index contributed by atoms with van der Waals surface area (Å²) in [5.74, 6) is 0. The van der Waals surface area contributed by atoms with Crippen LogP contribution in [0.1, 0.15) is 0 Å². The van der Waals surface area contributed by atoms with Gasteiger partial charge in [0.25, 0.3) is 0 Å². The van der Waals surface area contributed by atoms with E-state index in [9.17, 15) is 5.11 Å². The van der Waals surface area contributed by atoms with E-state index < -0.39 is 7.12 Å². The molecule has 1 aromatic heterocycles.